The molecule has 1 aromatic carbocycles. The number of nitrogens with one attached hydrogen (secondary N) is 2. The number of rotatable bonds is 6. The van der Waals surface area contributed by atoms with Crippen molar-refractivity contribution < 1.29 is 9.53 Å². The highest BCUT2D eigenvalue weighted by Gasteiger charge is 2.45. The first-order valence-electron chi connectivity index (χ1n) is 10.3. The van der Waals surface area contributed by atoms with E-state index in [-0.39, 0.29) is 17.5 Å². The number of amides is 2. The summed E-state index contributed by atoms with van der Waals surface area (Å²) in [5.41, 5.74) is 2.82. The van der Waals surface area contributed by atoms with Gasteiger partial charge in [0.15, 0.2) is 0 Å². The average Bonchev–Trinajstić information content (AvgIpc) is 3.54. The highest BCUT2D eigenvalue weighted by atomic mass is 16.5. The molecule has 4 rings (SSSR count). The fourth-order valence-electron chi connectivity index (χ4n) is 4.15. The van der Waals surface area contributed by atoms with E-state index in [4.69, 9.17) is 4.74 Å². The van der Waals surface area contributed by atoms with E-state index in [0.29, 0.717) is 18.4 Å². The van der Waals surface area contributed by atoms with Crippen molar-refractivity contribution >= 4 is 12.0 Å². The van der Waals surface area contributed by atoms with Crippen LogP contribution in [-0.2, 0) is 5.41 Å². The summed E-state index contributed by atoms with van der Waals surface area (Å²) in [5, 5.41) is 6.53. The summed E-state index contributed by atoms with van der Waals surface area (Å²) in [7, 11) is 1.59. The monoisotopic (exact) mass is 395 g/mol. The molecule has 2 heterocycles. The number of urea groups is 1. The predicted octanol–water partition coefficient (Wildman–Crippen LogP) is 3.11. The maximum absolute atomic E-state index is 12.7. The average molecular weight is 396 g/mol. The van der Waals surface area contributed by atoms with Crippen LogP contribution in [0, 0.1) is 6.92 Å². The van der Waals surface area contributed by atoms with Crippen molar-refractivity contribution in [1.82, 2.24) is 20.2 Å². The molecule has 1 aliphatic carbocycles. The Morgan fingerprint density at radius 2 is 2.00 bits per heavy atom. The van der Waals surface area contributed by atoms with Gasteiger partial charge in [-0.3, -0.25) is 0 Å². The molecule has 0 radical (unpaired) electrons. The molecule has 1 aliphatic heterocycles. The second-order valence-electron chi connectivity index (χ2n) is 8.08. The Hall–Kier alpha value is -2.83. The van der Waals surface area contributed by atoms with Crippen molar-refractivity contribution in [3.8, 4) is 5.88 Å². The second-order valence-corrected chi connectivity index (χ2v) is 8.08. The number of aryl methyl sites for hydroxylation is 1. The van der Waals surface area contributed by atoms with E-state index < -0.39 is 0 Å². The van der Waals surface area contributed by atoms with Crippen LogP contribution in [0.3, 0.4) is 0 Å². The maximum Gasteiger partial charge on any atom is 0.317 e. The minimum absolute atomic E-state index is 0.0425. The topological polar surface area (TPSA) is 79.4 Å². The van der Waals surface area contributed by atoms with Crippen LogP contribution in [0.2, 0.25) is 0 Å². The maximum atomic E-state index is 12.7. The summed E-state index contributed by atoms with van der Waals surface area (Å²) >= 11 is 0. The van der Waals surface area contributed by atoms with Gasteiger partial charge in [-0.25, -0.2) is 9.78 Å². The van der Waals surface area contributed by atoms with Crippen molar-refractivity contribution in [3.05, 3.63) is 47.7 Å². The van der Waals surface area contributed by atoms with Crippen molar-refractivity contribution in [2.24, 2.45) is 0 Å². The summed E-state index contributed by atoms with van der Waals surface area (Å²) in [5.74, 6) is 1.11. The van der Waals surface area contributed by atoms with Gasteiger partial charge in [-0.1, -0.05) is 24.3 Å². The Morgan fingerprint density at radius 3 is 2.69 bits per heavy atom. The summed E-state index contributed by atoms with van der Waals surface area (Å²) < 4.78 is 5.14. The number of nitrogens with zero attached hydrogens (tertiary/aromatic N) is 3. The highest BCUT2D eigenvalue weighted by Crippen LogP contribution is 2.48. The summed E-state index contributed by atoms with van der Waals surface area (Å²) in [6, 6.07) is 10.5. The van der Waals surface area contributed by atoms with Gasteiger partial charge >= 0.3 is 6.03 Å². The number of benzene rings is 1. The minimum atomic E-state index is 0.0425. The number of hydrogen-bond donors (Lipinski definition) is 2. The van der Waals surface area contributed by atoms with Gasteiger partial charge in [0.25, 0.3) is 0 Å². The Kier molecular flexibility index (Phi) is 5.56. The number of carbonyl (C=O) groups is 1. The zero-order valence-electron chi connectivity index (χ0n) is 17.1. The number of hydrogen-bond acceptors (Lipinski definition) is 5. The molecule has 0 unspecified atom stereocenters. The molecule has 2 amide bonds. The number of anilines is 1. The zero-order chi connectivity index (χ0) is 20.3. The molecule has 0 atom stereocenters. The fourth-order valence-corrected chi connectivity index (χ4v) is 4.15. The molecule has 1 aromatic heterocycles. The highest BCUT2D eigenvalue weighted by molar-refractivity contribution is 5.74. The van der Waals surface area contributed by atoms with E-state index >= 15 is 0 Å². The van der Waals surface area contributed by atoms with Crippen molar-refractivity contribution in [1.29, 1.82) is 0 Å². The van der Waals surface area contributed by atoms with Gasteiger partial charge in [0.05, 0.1) is 7.11 Å². The Labute approximate surface area is 171 Å². The lowest BCUT2D eigenvalue weighted by Crippen LogP contribution is -2.48. The standard InChI is InChI=1S/C22H29N5O2/c1-16-5-3-4-6-18(16)22(10-11-22)15-24-21(28)27-13-8-17(9-14-27)25-20-23-12-7-19(26-20)29-2/h3-7,12,17H,8-11,13-15H2,1-2H3,(H,24,28)(H,23,25,26). The molecule has 154 valence electrons. The van der Waals surface area contributed by atoms with E-state index in [0.717, 1.165) is 38.8 Å². The first kappa shape index (κ1) is 19.5. The molecule has 7 heteroatoms. The molecule has 1 saturated heterocycles. The van der Waals surface area contributed by atoms with Gasteiger partial charge in [0.2, 0.25) is 11.8 Å². The SMILES string of the molecule is COc1ccnc(NC2CCN(C(=O)NCC3(c4ccccc4C)CC3)CC2)n1. The molecule has 0 spiro atoms. The third-order valence-corrected chi connectivity index (χ3v) is 6.10. The van der Waals surface area contributed by atoms with Crippen LogP contribution in [-0.4, -0.2) is 53.7 Å². The van der Waals surface area contributed by atoms with Crippen molar-refractivity contribution in [3.63, 3.8) is 0 Å². The van der Waals surface area contributed by atoms with Crippen LogP contribution in [0.5, 0.6) is 5.88 Å². The molecular formula is C22H29N5O2. The predicted molar refractivity (Wildman–Crippen MR) is 112 cm³/mol. The fraction of sp³-hybridized carbons (Fsp3) is 0.500. The van der Waals surface area contributed by atoms with Crippen molar-refractivity contribution in [2.45, 2.75) is 44.1 Å². The number of aromatic nitrogens is 2. The van der Waals surface area contributed by atoms with E-state index in [1.54, 1.807) is 19.4 Å². The molecule has 7 nitrogen and oxygen atoms in total. The number of methoxy groups -OCH3 is 1. The zero-order valence-corrected chi connectivity index (χ0v) is 17.1. The molecule has 0 bridgehead atoms. The van der Waals surface area contributed by atoms with Crippen LogP contribution in [0.25, 0.3) is 0 Å². The van der Waals surface area contributed by atoms with Gasteiger partial charge in [-0.2, -0.15) is 4.98 Å². The summed E-state index contributed by atoms with van der Waals surface area (Å²) in [4.78, 5) is 23.1. The normalized spacial score (nSPS) is 18.2. The third kappa shape index (κ3) is 4.44. The van der Waals surface area contributed by atoms with E-state index in [2.05, 4.69) is 51.8 Å². The molecule has 29 heavy (non-hydrogen) atoms. The smallest absolute Gasteiger partial charge is 0.317 e. The number of piperidine rings is 1. The first-order chi connectivity index (χ1) is 14.1. The Balaban J connectivity index is 1.26. The van der Waals surface area contributed by atoms with Gasteiger partial charge < -0.3 is 20.3 Å². The summed E-state index contributed by atoms with van der Waals surface area (Å²) in [6.45, 7) is 4.32. The van der Waals surface area contributed by atoms with Crippen LogP contribution < -0.4 is 15.4 Å². The van der Waals surface area contributed by atoms with Crippen LogP contribution >= 0.6 is 0 Å². The number of carbonyl (C=O) groups excluding carboxylic acids is 1. The molecule has 2 N–H and O–H groups in total. The van der Waals surface area contributed by atoms with Crippen LogP contribution in [0.4, 0.5) is 10.7 Å². The lowest BCUT2D eigenvalue weighted by Gasteiger charge is -2.33. The summed E-state index contributed by atoms with van der Waals surface area (Å²) in [6.07, 6.45) is 5.71. The van der Waals surface area contributed by atoms with Gasteiger partial charge in [-0.05, 0) is 43.7 Å². The number of likely N-dealkylation sites (tertiary alicyclic amines) is 1. The molecule has 1 saturated carbocycles. The van der Waals surface area contributed by atoms with Gasteiger partial charge in [0.1, 0.15) is 0 Å². The van der Waals surface area contributed by atoms with Crippen LogP contribution in [0.15, 0.2) is 36.5 Å². The molecule has 2 aromatic rings. The van der Waals surface area contributed by atoms with E-state index in [1.165, 1.54) is 11.1 Å². The van der Waals surface area contributed by atoms with E-state index in [9.17, 15) is 4.79 Å². The molecule has 2 fully saturated rings. The Morgan fingerprint density at radius 1 is 1.24 bits per heavy atom. The first-order valence-corrected chi connectivity index (χ1v) is 10.3. The van der Waals surface area contributed by atoms with E-state index in [1.807, 2.05) is 4.90 Å². The minimum Gasteiger partial charge on any atom is -0.481 e. The largest absolute Gasteiger partial charge is 0.481 e. The lowest BCUT2D eigenvalue weighted by molar-refractivity contribution is 0.182. The van der Waals surface area contributed by atoms with Gasteiger partial charge in [-0.15, -0.1) is 0 Å². The lowest BCUT2D eigenvalue weighted by atomic mass is 9.92. The van der Waals surface area contributed by atoms with Crippen LogP contribution in [0.1, 0.15) is 36.8 Å². The second kappa shape index (κ2) is 8.27. The van der Waals surface area contributed by atoms with Gasteiger partial charge in [0, 0.05) is 43.4 Å². The number of ether oxygens (including phenoxy) is 1. The third-order valence-electron chi connectivity index (χ3n) is 6.10. The molecule has 2 aliphatic rings. The molecular weight excluding hydrogens is 366 g/mol. The Bertz CT molecular complexity index is 860. The van der Waals surface area contributed by atoms with Crippen molar-refractivity contribution in [2.75, 3.05) is 32.1 Å². The quantitative estimate of drug-likeness (QED) is 0.786.